The first-order chi connectivity index (χ1) is 34.0. The lowest BCUT2D eigenvalue weighted by atomic mass is 10.1. The van der Waals surface area contributed by atoms with Gasteiger partial charge in [-0.25, -0.2) is 0 Å². The van der Waals surface area contributed by atoms with E-state index in [0.717, 1.165) is 141 Å². The smallest absolute Gasteiger partial charge is 0.306 e. The third-order valence-electron chi connectivity index (χ3n) is 10.8. The third kappa shape index (κ3) is 54.1. The number of esters is 3. The van der Waals surface area contributed by atoms with Gasteiger partial charge in [-0.1, -0.05) is 205 Å². The van der Waals surface area contributed by atoms with E-state index in [1.54, 1.807) is 0 Å². The van der Waals surface area contributed by atoms with Crippen molar-refractivity contribution in [3.8, 4) is 0 Å². The zero-order valence-corrected chi connectivity index (χ0v) is 44.0. The van der Waals surface area contributed by atoms with Crippen LogP contribution in [0.25, 0.3) is 0 Å². The van der Waals surface area contributed by atoms with Gasteiger partial charge in [0.25, 0.3) is 0 Å². The van der Waals surface area contributed by atoms with Gasteiger partial charge in [0.05, 0.1) is 0 Å². The Hall–Kier alpha value is -4.71. The average molecular weight is 951 g/mol. The van der Waals surface area contributed by atoms with Crippen LogP contribution < -0.4 is 0 Å². The van der Waals surface area contributed by atoms with Crippen LogP contribution in [0.3, 0.4) is 0 Å². The van der Waals surface area contributed by atoms with Crippen molar-refractivity contribution in [3.63, 3.8) is 0 Å². The summed E-state index contributed by atoms with van der Waals surface area (Å²) < 4.78 is 16.7. The van der Waals surface area contributed by atoms with Crippen LogP contribution in [0.4, 0.5) is 0 Å². The first kappa shape index (κ1) is 64.3. The molecule has 6 nitrogen and oxygen atoms in total. The molecule has 0 spiro atoms. The third-order valence-corrected chi connectivity index (χ3v) is 10.8. The second kappa shape index (κ2) is 55.9. The fourth-order valence-electron chi connectivity index (χ4n) is 6.77. The normalized spacial score (nSPS) is 13.3. The fraction of sp³-hybridized carbons (Fsp3) is 0.571. The van der Waals surface area contributed by atoms with Gasteiger partial charge in [0, 0.05) is 19.3 Å². The van der Waals surface area contributed by atoms with Crippen molar-refractivity contribution in [1.82, 2.24) is 0 Å². The molecule has 0 fully saturated rings. The molecular weight excluding hydrogens is 853 g/mol. The highest BCUT2D eigenvalue weighted by atomic mass is 16.6. The summed E-state index contributed by atoms with van der Waals surface area (Å²) in [6, 6.07) is 0. The van der Waals surface area contributed by atoms with E-state index in [4.69, 9.17) is 14.2 Å². The summed E-state index contributed by atoms with van der Waals surface area (Å²) in [7, 11) is 0. The van der Waals surface area contributed by atoms with Gasteiger partial charge in [-0.3, -0.25) is 14.4 Å². The van der Waals surface area contributed by atoms with Gasteiger partial charge < -0.3 is 14.2 Å². The quantitative estimate of drug-likeness (QED) is 0.0262. The minimum absolute atomic E-state index is 0.126. The summed E-state index contributed by atoms with van der Waals surface area (Å²) >= 11 is 0. The number of allylic oxidation sites excluding steroid dienone is 24. The van der Waals surface area contributed by atoms with Crippen molar-refractivity contribution in [3.05, 3.63) is 146 Å². The first-order valence-electron chi connectivity index (χ1n) is 27.3. The molecule has 0 radical (unpaired) electrons. The molecule has 0 aromatic rings. The lowest BCUT2D eigenvalue weighted by Crippen LogP contribution is -2.30. The molecular formula is C63H98O6. The van der Waals surface area contributed by atoms with Crippen LogP contribution >= 0.6 is 0 Å². The van der Waals surface area contributed by atoms with Crippen molar-refractivity contribution < 1.29 is 28.6 Å². The van der Waals surface area contributed by atoms with E-state index in [9.17, 15) is 14.4 Å². The van der Waals surface area contributed by atoms with Gasteiger partial charge in [-0.2, -0.15) is 0 Å². The maximum absolute atomic E-state index is 12.8. The molecule has 0 aromatic heterocycles. The van der Waals surface area contributed by atoms with E-state index in [0.29, 0.717) is 12.8 Å². The highest BCUT2D eigenvalue weighted by Crippen LogP contribution is 2.12. The molecule has 1 atom stereocenters. The second-order valence-electron chi connectivity index (χ2n) is 17.4. The Bertz CT molecular complexity index is 1560. The number of hydrogen-bond donors (Lipinski definition) is 0. The topological polar surface area (TPSA) is 78.9 Å². The molecule has 0 rings (SSSR count). The van der Waals surface area contributed by atoms with Crippen LogP contribution in [0.5, 0.6) is 0 Å². The highest BCUT2D eigenvalue weighted by molar-refractivity contribution is 5.71. The van der Waals surface area contributed by atoms with Gasteiger partial charge in [0.1, 0.15) is 13.2 Å². The van der Waals surface area contributed by atoms with Gasteiger partial charge in [-0.05, 0) is 135 Å². The maximum Gasteiger partial charge on any atom is 0.306 e. The number of rotatable bonds is 47. The molecule has 0 aliphatic carbocycles. The van der Waals surface area contributed by atoms with E-state index in [-0.39, 0.29) is 44.0 Å². The van der Waals surface area contributed by atoms with E-state index in [1.165, 1.54) is 25.7 Å². The highest BCUT2D eigenvalue weighted by Gasteiger charge is 2.19. The Kier molecular flexibility index (Phi) is 52.1. The monoisotopic (exact) mass is 951 g/mol. The lowest BCUT2D eigenvalue weighted by molar-refractivity contribution is -0.167. The van der Waals surface area contributed by atoms with E-state index >= 15 is 0 Å². The van der Waals surface area contributed by atoms with Crippen molar-refractivity contribution in [2.75, 3.05) is 13.2 Å². The van der Waals surface area contributed by atoms with Gasteiger partial charge in [0.15, 0.2) is 6.10 Å². The Labute approximate surface area is 423 Å². The molecule has 0 bridgehead atoms. The SMILES string of the molecule is CC/C=C\C/C=C\C/C=C\C/C=C\C/C=C\CCCC(=O)OC[C@H](COC(=O)CCCCC/C=C\C/C=C\C/C=C\C/C=C\CCCCC)OC(=O)CCCCCCC/C=C\C/C=C\C/C=C\CC. The number of unbranched alkanes of at least 4 members (excludes halogenated alkanes) is 12. The number of hydrogen-bond acceptors (Lipinski definition) is 6. The van der Waals surface area contributed by atoms with Crippen molar-refractivity contribution in [1.29, 1.82) is 0 Å². The summed E-state index contributed by atoms with van der Waals surface area (Å²) in [6.07, 6.45) is 79.8. The lowest BCUT2D eigenvalue weighted by Gasteiger charge is -2.18. The molecule has 0 saturated heterocycles. The molecule has 0 heterocycles. The Balaban J connectivity index is 4.59. The summed E-state index contributed by atoms with van der Waals surface area (Å²) in [4.78, 5) is 38.1. The first-order valence-corrected chi connectivity index (χ1v) is 27.3. The van der Waals surface area contributed by atoms with Crippen LogP contribution in [0.15, 0.2) is 146 Å². The van der Waals surface area contributed by atoms with E-state index < -0.39 is 6.10 Å². The van der Waals surface area contributed by atoms with Crippen LogP contribution in [0.1, 0.15) is 213 Å². The van der Waals surface area contributed by atoms with Gasteiger partial charge in [0.2, 0.25) is 0 Å². The predicted molar refractivity (Wildman–Crippen MR) is 297 cm³/mol. The molecule has 0 aromatic carbocycles. The van der Waals surface area contributed by atoms with E-state index in [1.807, 2.05) is 0 Å². The van der Waals surface area contributed by atoms with Gasteiger partial charge >= 0.3 is 17.9 Å². The maximum atomic E-state index is 12.8. The van der Waals surface area contributed by atoms with Gasteiger partial charge in [-0.15, -0.1) is 0 Å². The van der Waals surface area contributed by atoms with Crippen molar-refractivity contribution in [2.45, 2.75) is 219 Å². The summed E-state index contributed by atoms with van der Waals surface area (Å²) in [5, 5.41) is 0. The van der Waals surface area contributed by atoms with Crippen LogP contribution in [0.2, 0.25) is 0 Å². The predicted octanol–water partition coefficient (Wildman–Crippen LogP) is 18.4. The van der Waals surface area contributed by atoms with Crippen LogP contribution in [-0.2, 0) is 28.6 Å². The minimum Gasteiger partial charge on any atom is -0.462 e. The molecule has 386 valence electrons. The van der Waals surface area contributed by atoms with Crippen molar-refractivity contribution in [2.24, 2.45) is 0 Å². The zero-order chi connectivity index (χ0) is 50.0. The summed E-state index contributed by atoms with van der Waals surface area (Å²) in [5.41, 5.74) is 0. The molecule has 0 amide bonds. The standard InChI is InChI=1S/C63H98O6/c1-4-7-10-13-16-19-22-25-28-30-31-33-36-38-41-44-47-50-53-56-62(65)68-59-60(69-63(66)57-54-51-48-45-42-39-34-27-24-21-18-15-12-9-6-3)58-67-61(64)55-52-49-46-43-40-37-35-32-29-26-23-20-17-14-11-8-5-2/h8-9,11-12,16-21,25-29,31,33-35,37-38,41,43,46,60H,4-7,10,13-15,22-24,30,32,36,39-40,42,44-45,47-59H2,1-3H3/b11-8-,12-9-,19-16-,20-17-,21-18-,28-25-,29-26-,33-31-,34-27-,37-35-,41-38-,46-43-/t60-/m1/s1. The number of carbonyl (C=O) groups is 3. The summed E-state index contributed by atoms with van der Waals surface area (Å²) in [5.74, 6) is -1.04. The minimum atomic E-state index is -0.830. The molecule has 0 aliphatic rings. The fourth-order valence-corrected chi connectivity index (χ4v) is 6.77. The Morgan fingerprint density at radius 2 is 0.580 bits per heavy atom. The molecule has 0 unspecified atom stereocenters. The molecule has 69 heavy (non-hydrogen) atoms. The molecule has 6 heteroatoms. The van der Waals surface area contributed by atoms with Crippen molar-refractivity contribution >= 4 is 17.9 Å². The van der Waals surface area contributed by atoms with E-state index in [2.05, 4.69) is 167 Å². The van der Waals surface area contributed by atoms with Crippen LogP contribution in [0, 0.1) is 0 Å². The van der Waals surface area contributed by atoms with Crippen LogP contribution in [-0.4, -0.2) is 37.2 Å². The molecule has 0 aliphatic heterocycles. The zero-order valence-electron chi connectivity index (χ0n) is 44.0. The molecule has 0 saturated carbocycles. The second-order valence-corrected chi connectivity index (χ2v) is 17.4. The Morgan fingerprint density at radius 3 is 0.957 bits per heavy atom. The number of carbonyl (C=O) groups excluding carboxylic acids is 3. The molecule has 0 N–H and O–H groups in total. The largest absolute Gasteiger partial charge is 0.462 e. The summed E-state index contributed by atoms with van der Waals surface area (Å²) in [6.45, 7) is 6.27. The Morgan fingerprint density at radius 1 is 0.304 bits per heavy atom. The average Bonchev–Trinajstić information content (AvgIpc) is 3.35. The number of ether oxygens (including phenoxy) is 3.